The summed E-state index contributed by atoms with van der Waals surface area (Å²) in [5.41, 5.74) is 2.07. The predicted molar refractivity (Wildman–Crippen MR) is 101 cm³/mol. The Labute approximate surface area is 162 Å². The molecule has 0 atom stereocenters. The summed E-state index contributed by atoms with van der Waals surface area (Å²) < 4.78 is 38.3. The van der Waals surface area contributed by atoms with Crippen molar-refractivity contribution < 1.29 is 27.8 Å². The lowest BCUT2D eigenvalue weighted by Gasteiger charge is -2.29. The Balaban J connectivity index is 1.47. The van der Waals surface area contributed by atoms with E-state index in [0.29, 0.717) is 0 Å². The first-order chi connectivity index (χ1) is 13.3. The molecule has 3 rings (SSSR count). The van der Waals surface area contributed by atoms with Crippen molar-refractivity contribution in [2.45, 2.75) is 19.6 Å². The predicted octanol–water partition coefficient (Wildman–Crippen LogP) is 0.936. The van der Waals surface area contributed by atoms with Gasteiger partial charge in [0.15, 0.2) is 6.54 Å². The molecule has 1 aliphatic rings. The van der Waals surface area contributed by atoms with Gasteiger partial charge in [-0.05, 0) is 30.7 Å². The van der Waals surface area contributed by atoms with Crippen molar-refractivity contribution in [3.8, 4) is 0 Å². The fourth-order valence-corrected chi connectivity index (χ4v) is 3.59. The standard InChI is InChI=1S/C21H24F3N3O/c1-16-5-2-3-6-17(16)14-26-9-11-27(12-10-26)15-20(28)25-19-8-4-7-18(13-19)21(22,23)24/h2-8,13H,9-12,14-15H2,1H3,(H,25,28)/p+2. The summed E-state index contributed by atoms with van der Waals surface area (Å²) in [4.78, 5) is 14.9. The van der Waals surface area contributed by atoms with Gasteiger partial charge in [0.25, 0.3) is 5.91 Å². The Morgan fingerprint density at radius 1 is 1.00 bits per heavy atom. The smallest absolute Gasteiger partial charge is 0.322 e. The fourth-order valence-electron chi connectivity index (χ4n) is 3.59. The monoisotopic (exact) mass is 393 g/mol. The molecule has 0 aromatic heterocycles. The molecule has 0 aliphatic carbocycles. The Morgan fingerprint density at radius 2 is 1.68 bits per heavy atom. The van der Waals surface area contributed by atoms with Crippen LogP contribution >= 0.6 is 0 Å². The van der Waals surface area contributed by atoms with Crippen LogP contribution in [-0.2, 0) is 17.5 Å². The van der Waals surface area contributed by atoms with Crippen molar-refractivity contribution in [3.63, 3.8) is 0 Å². The number of amides is 1. The van der Waals surface area contributed by atoms with Crippen LogP contribution in [-0.4, -0.2) is 38.6 Å². The zero-order valence-electron chi connectivity index (χ0n) is 15.9. The summed E-state index contributed by atoms with van der Waals surface area (Å²) in [5, 5.41) is 2.59. The first-order valence-electron chi connectivity index (χ1n) is 9.50. The van der Waals surface area contributed by atoms with Crippen LogP contribution < -0.4 is 15.1 Å². The molecule has 1 fully saturated rings. The second-order valence-electron chi connectivity index (χ2n) is 7.41. The largest absolute Gasteiger partial charge is 0.416 e. The highest BCUT2D eigenvalue weighted by molar-refractivity contribution is 5.91. The van der Waals surface area contributed by atoms with Gasteiger partial charge in [0.2, 0.25) is 0 Å². The lowest BCUT2D eigenvalue weighted by atomic mass is 10.1. The normalized spacial score (nSPS) is 20.0. The minimum Gasteiger partial charge on any atom is -0.322 e. The van der Waals surface area contributed by atoms with E-state index in [1.165, 1.54) is 28.2 Å². The van der Waals surface area contributed by atoms with Crippen LogP contribution in [0, 0.1) is 6.92 Å². The van der Waals surface area contributed by atoms with Gasteiger partial charge in [0.1, 0.15) is 32.7 Å². The molecule has 0 saturated carbocycles. The van der Waals surface area contributed by atoms with Gasteiger partial charge in [0.05, 0.1) is 5.56 Å². The van der Waals surface area contributed by atoms with E-state index in [4.69, 9.17) is 0 Å². The number of anilines is 1. The Hall–Kier alpha value is -2.38. The molecule has 1 aliphatic heterocycles. The number of nitrogens with one attached hydrogen (secondary N) is 3. The van der Waals surface area contributed by atoms with Gasteiger partial charge in [-0.1, -0.05) is 30.3 Å². The molecule has 150 valence electrons. The molecule has 0 radical (unpaired) electrons. The average molecular weight is 393 g/mol. The molecule has 28 heavy (non-hydrogen) atoms. The number of quaternary nitrogens is 2. The first-order valence-corrected chi connectivity index (χ1v) is 9.50. The SMILES string of the molecule is Cc1ccccc1C[NH+]1CC[NH+](CC(=O)Nc2cccc(C(F)(F)F)c2)CC1. The summed E-state index contributed by atoms with van der Waals surface area (Å²) >= 11 is 0. The number of halogens is 3. The molecule has 1 amide bonds. The number of carbonyl (C=O) groups excluding carboxylic acids is 1. The van der Waals surface area contributed by atoms with Crippen LogP contribution in [0.25, 0.3) is 0 Å². The minimum atomic E-state index is -4.41. The Morgan fingerprint density at radius 3 is 2.36 bits per heavy atom. The van der Waals surface area contributed by atoms with Gasteiger partial charge in [-0.15, -0.1) is 0 Å². The van der Waals surface area contributed by atoms with Crippen molar-refractivity contribution in [3.05, 3.63) is 65.2 Å². The van der Waals surface area contributed by atoms with Crippen LogP contribution in [0.4, 0.5) is 18.9 Å². The molecule has 3 N–H and O–H groups in total. The maximum Gasteiger partial charge on any atom is 0.416 e. The number of benzene rings is 2. The number of carbonyl (C=O) groups is 1. The zero-order chi connectivity index (χ0) is 20.1. The lowest BCUT2D eigenvalue weighted by Crippen LogP contribution is -3.28. The van der Waals surface area contributed by atoms with Crippen LogP contribution in [0.15, 0.2) is 48.5 Å². The number of aryl methyl sites for hydroxylation is 1. The molecule has 1 saturated heterocycles. The molecular formula is C21H26F3N3O+2. The van der Waals surface area contributed by atoms with Crippen LogP contribution in [0.1, 0.15) is 16.7 Å². The van der Waals surface area contributed by atoms with Gasteiger partial charge >= 0.3 is 6.18 Å². The van der Waals surface area contributed by atoms with Gasteiger partial charge in [-0.3, -0.25) is 4.79 Å². The van der Waals surface area contributed by atoms with Crippen LogP contribution in [0.5, 0.6) is 0 Å². The topological polar surface area (TPSA) is 38.0 Å². The van der Waals surface area contributed by atoms with Crippen molar-refractivity contribution in [2.75, 3.05) is 38.0 Å². The molecule has 4 nitrogen and oxygen atoms in total. The van der Waals surface area contributed by atoms with E-state index in [0.717, 1.165) is 49.8 Å². The second-order valence-corrected chi connectivity index (χ2v) is 7.41. The number of alkyl halides is 3. The van der Waals surface area contributed by atoms with Crippen molar-refractivity contribution in [1.29, 1.82) is 0 Å². The molecule has 2 aromatic carbocycles. The fraction of sp³-hybridized carbons (Fsp3) is 0.381. The number of piperazine rings is 1. The van der Waals surface area contributed by atoms with E-state index in [9.17, 15) is 18.0 Å². The van der Waals surface area contributed by atoms with Crippen LogP contribution in [0.2, 0.25) is 0 Å². The Kier molecular flexibility index (Phi) is 6.36. The van der Waals surface area contributed by atoms with Gasteiger partial charge in [0, 0.05) is 11.3 Å². The summed E-state index contributed by atoms with van der Waals surface area (Å²) in [6.45, 7) is 7.06. The minimum absolute atomic E-state index is 0.183. The van der Waals surface area contributed by atoms with Crippen molar-refractivity contribution in [2.24, 2.45) is 0 Å². The third-order valence-corrected chi connectivity index (χ3v) is 5.25. The molecule has 1 heterocycles. The summed E-state index contributed by atoms with van der Waals surface area (Å²) in [6, 6.07) is 13.1. The first kappa shape index (κ1) is 20.4. The summed E-state index contributed by atoms with van der Waals surface area (Å²) in [5.74, 6) is -0.253. The highest BCUT2D eigenvalue weighted by atomic mass is 19.4. The van der Waals surface area contributed by atoms with Gasteiger partial charge in [-0.25, -0.2) is 0 Å². The van der Waals surface area contributed by atoms with E-state index in [-0.39, 0.29) is 18.1 Å². The van der Waals surface area contributed by atoms with E-state index in [1.54, 1.807) is 0 Å². The van der Waals surface area contributed by atoms with E-state index in [2.05, 4.69) is 30.4 Å². The highest BCUT2D eigenvalue weighted by Crippen LogP contribution is 2.30. The van der Waals surface area contributed by atoms with Crippen molar-refractivity contribution >= 4 is 11.6 Å². The Bertz CT molecular complexity index is 815. The molecule has 0 bridgehead atoms. The summed E-state index contributed by atoms with van der Waals surface area (Å²) in [7, 11) is 0. The number of hydrogen-bond acceptors (Lipinski definition) is 1. The van der Waals surface area contributed by atoms with Crippen molar-refractivity contribution in [1.82, 2.24) is 0 Å². The van der Waals surface area contributed by atoms with E-state index in [1.807, 2.05) is 6.07 Å². The maximum absolute atomic E-state index is 12.8. The van der Waals surface area contributed by atoms with Gasteiger partial charge < -0.3 is 15.1 Å². The second kappa shape index (κ2) is 8.75. The van der Waals surface area contributed by atoms with E-state index < -0.39 is 11.7 Å². The highest BCUT2D eigenvalue weighted by Gasteiger charge is 2.31. The molecule has 0 spiro atoms. The van der Waals surface area contributed by atoms with E-state index >= 15 is 0 Å². The average Bonchev–Trinajstić information content (AvgIpc) is 2.65. The van der Waals surface area contributed by atoms with Gasteiger partial charge in [-0.2, -0.15) is 13.2 Å². The maximum atomic E-state index is 12.8. The molecular weight excluding hydrogens is 367 g/mol. The quantitative estimate of drug-likeness (QED) is 0.695. The third-order valence-electron chi connectivity index (χ3n) is 5.25. The molecule has 0 unspecified atom stereocenters. The summed E-state index contributed by atoms with van der Waals surface area (Å²) in [6.07, 6.45) is -4.41. The number of hydrogen-bond donors (Lipinski definition) is 3. The lowest BCUT2D eigenvalue weighted by molar-refractivity contribution is -1.02. The molecule has 7 heteroatoms. The number of rotatable bonds is 5. The third kappa shape index (κ3) is 5.56. The molecule has 2 aromatic rings. The van der Waals surface area contributed by atoms with Crippen LogP contribution in [0.3, 0.4) is 0 Å². The zero-order valence-corrected chi connectivity index (χ0v) is 15.9.